The van der Waals surface area contributed by atoms with E-state index in [2.05, 4.69) is 18.3 Å². The first-order chi connectivity index (χ1) is 17.1. The van der Waals surface area contributed by atoms with Gasteiger partial charge < -0.3 is 44.8 Å². The predicted molar refractivity (Wildman–Crippen MR) is 117 cm³/mol. The Balaban J connectivity index is 1.54. The minimum absolute atomic E-state index is 0.156. The lowest BCUT2D eigenvalue weighted by molar-refractivity contribution is -0.234. The molecular formula is C17H28N2O16P2. The van der Waals surface area contributed by atoms with Crippen LogP contribution in [0, 0.1) is 6.92 Å². The highest BCUT2D eigenvalue weighted by Crippen LogP contribution is 2.60. The van der Waals surface area contributed by atoms with Gasteiger partial charge >= 0.3 is 21.3 Å². The Labute approximate surface area is 207 Å². The van der Waals surface area contributed by atoms with Crippen LogP contribution in [-0.2, 0) is 32.0 Å². The molecule has 0 radical (unpaired) electrons. The molecule has 2 fully saturated rings. The number of ether oxygens (including phenoxy) is 2. The van der Waals surface area contributed by atoms with Gasteiger partial charge in [-0.25, -0.2) is 13.9 Å². The van der Waals surface area contributed by atoms with Crippen LogP contribution in [0.25, 0.3) is 0 Å². The summed E-state index contributed by atoms with van der Waals surface area (Å²) in [5, 5.41) is 48.7. The van der Waals surface area contributed by atoms with Gasteiger partial charge in [-0.15, -0.1) is 0 Å². The number of aryl methyl sites for hydroxylation is 1. The van der Waals surface area contributed by atoms with Crippen molar-refractivity contribution in [2.24, 2.45) is 0 Å². The van der Waals surface area contributed by atoms with Gasteiger partial charge in [-0.3, -0.25) is 23.4 Å². The number of nitrogens with one attached hydrogen (secondary N) is 1. The quantitative estimate of drug-likeness (QED) is 0.126. The Kier molecular flexibility index (Phi) is 9.64. The van der Waals surface area contributed by atoms with E-state index in [1.165, 1.54) is 13.1 Å². The first-order valence-corrected chi connectivity index (χ1v) is 13.8. The number of hydrogen-bond donors (Lipinski definition) is 8. The Morgan fingerprint density at radius 3 is 2.14 bits per heavy atom. The lowest BCUT2D eigenvalue weighted by atomic mass is 9.95. The summed E-state index contributed by atoms with van der Waals surface area (Å²) >= 11 is 0. The first kappa shape index (κ1) is 30.2. The molecule has 1 aromatic rings. The molecule has 3 rings (SSSR count). The smallest absolute Gasteiger partial charge is 0.394 e. The molecule has 20 heteroatoms. The van der Waals surface area contributed by atoms with Crippen LogP contribution in [0.15, 0.2) is 15.8 Å². The average Bonchev–Trinajstić information content (AvgIpc) is 3.17. The normalized spacial score (nSPS) is 35.7. The Bertz CT molecular complexity index is 1150. The number of aliphatic hydroxyl groups excluding tert-OH is 5. The van der Waals surface area contributed by atoms with Crippen LogP contribution in [0.3, 0.4) is 0 Å². The van der Waals surface area contributed by atoms with E-state index in [-0.39, 0.29) is 12.0 Å². The molecule has 0 aromatic carbocycles. The number of nitrogens with zero attached hydrogens (tertiary/aromatic N) is 1. The molecule has 37 heavy (non-hydrogen) atoms. The summed E-state index contributed by atoms with van der Waals surface area (Å²) in [7, 11) is -10.7. The van der Waals surface area contributed by atoms with E-state index < -0.39 is 95.7 Å². The summed E-state index contributed by atoms with van der Waals surface area (Å²) in [6, 6.07) is 0. The molecule has 0 aliphatic carbocycles. The van der Waals surface area contributed by atoms with Gasteiger partial charge in [-0.05, 0) is 6.92 Å². The van der Waals surface area contributed by atoms with Gasteiger partial charge in [0.05, 0.1) is 25.9 Å². The van der Waals surface area contributed by atoms with Crippen LogP contribution in [0.5, 0.6) is 0 Å². The molecule has 2 unspecified atom stereocenters. The van der Waals surface area contributed by atoms with Gasteiger partial charge in [0.15, 0.2) is 0 Å². The van der Waals surface area contributed by atoms with Crippen molar-refractivity contribution in [3.05, 3.63) is 32.6 Å². The van der Waals surface area contributed by atoms with Crippen LogP contribution in [0.1, 0.15) is 18.2 Å². The van der Waals surface area contributed by atoms with Gasteiger partial charge in [-0.1, -0.05) is 0 Å². The fourth-order valence-electron chi connectivity index (χ4n) is 3.67. The average molecular weight is 578 g/mol. The minimum Gasteiger partial charge on any atom is -0.394 e. The second-order valence-corrected chi connectivity index (χ2v) is 11.4. The maximum absolute atomic E-state index is 12.2. The van der Waals surface area contributed by atoms with Gasteiger partial charge in [0.25, 0.3) is 5.56 Å². The SMILES string of the molecule is Cc1cn([C@H]2C[C@H](O)[C@@H](COP(=O)(O)OP(=O)(O)OC[C@H]3O[C@H](CO)[C@H](O)[C@H](O)[C@H]3O)O2)c(=O)[nH]c1=O. The van der Waals surface area contributed by atoms with Crippen LogP contribution in [0.4, 0.5) is 0 Å². The zero-order chi connectivity index (χ0) is 27.7. The van der Waals surface area contributed by atoms with E-state index in [9.17, 15) is 48.9 Å². The molecule has 212 valence electrons. The van der Waals surface area contributed by atoms with Crippen molar-refractivity contribution in [1.82, 2.24) is 9.55 Å². The summed E-state index contributed by atoms with van der Waals surface area (Å²) in [5.74, 6) is 0. The molecule has 2 aliphatic heterocycles. The van der Waals surface area contributed by atoms with Crippen LogP contribution in [0.2, 0.25) is 0 Å². The highest BCUT2D eigenvalue weighted by atomic mass is 31.3. The molecule has 10 atom stereocenters. The van der Waals surface area contributed by atoms with E-state index in [0.29, 0.717) is 0 Å². The number of H-pyrrole nitrogens is 1. The van der Waals surface area contributed by atoms with Gasteiger partial charge in [0.1, 0.15) is 42.9 Å². The zero-order valence-corrected chi connectivity index (χ0v) is 21.0. The number of rotatable bonds is 10. The zero-order valence-electron chi connectivity index (χ0n) is 19.2. The highest BCUT2D eigenvalue weighted by molar-refractivity contribution is 7.61. The molecule has 1 aromatic heterocycles. The van der Waals surface area contributed by atoms with Gasteiger partial charge in [-0.2, -0.15) is 4.31 Å². The molecule has 0 bridgehead atoms. The second kappa shape index (κ2) is 11.8. The van der Waals surface area contributed by atoms with E-state index >= 15 is 0 Å². The summed E-state index contributed by atoms with van der Waals surface area (Å²) in [6.45, 7) is -1.11. The Morgan fingerprint density at radius 1 is 0.973 bits per heavy atom. The number of aromatic amines is 1. The molecule has 2 saturated heterocycles. The van der Waals surface area contributed by atoms with Crippen molar-refractivity contribution in [1.29, 1.82) is 0 Å². The first-order valence-electron chi connectivity index (χ1n) is 10.8. The number of aromatic nitrogens is 2. The van der Waals surface area contributed by atoms with Crippen molar-refractivity contribution < 1.29 is 67.3 Å². The van der Waals surface area contributed by atoms with E-state index in [4.69, 9.17) is 14.6 Å². The van der Waals surface area contributed by atoms with Crippen molar-refractivity contribution in [2.45, 2.75) is 62.3 Å². The molecule has 8 N–H and O–H groups in total. The van der Waals surface area contributed by atoms with Crippen LogP contribution < -0.4 is 11.2 Å². The number of phosphoric ester groups is 2. The Morgan fingerprint density at radius 2 is 1.54 bits per heavy atom. The largest absolute Gasteiger partial charge is 0.481 e. The number of aliphatic hydroxyl groups is 5. The van der Waals surface area contributed by atoms with Crippen molar-refractivity contribution in [3.63, 3.8) is 0 Å². The molecule has 0 spiro atoms. The van der Waals surface area contributed by atoms with E-state index in [1.54, 1.807) is 0 Å². The maximum Gasteiger partial charge on any atom is 0.481 e. The van der Waals surface area contributed by atoms with Crippen LogP contribution in [-0.4, -0.2) is 107 Å². The molecule has 0 amide bonds. The second-order valence-electron chi connectivity index (χ2n) is 8.39. The van der Waals surface area contributed by atoms with Gasteiger partial charge in [0.2, 0.25) is 0 Å². The summed E-state index contributed by atoms with van der Waals surface area (Å²) in [6.07, 6.45) is -10.7. The topological polar surface area (TPSA) is 277 Å². The standard InChI is InChI=1S/C17H28N2O16P2/c1-7-3-19(17(26)18-16(7)25)12-2-8(21)10(34-12)5-31-36(27,28)35-37(29,30)32-6-11-14(23)15(24)13(22)9(4-20)33-11/h3,8-15,20-24H,2,4-6H2,1H3,(H,27,28)(H,29,30)(H,18,25,26)/t8-,9+,10+,11+,12+,13-,14-,15-/m0/s1. The number of hydrogen-bond acceptors (Lipinski definition) is 14. The lowest BCUT2D eigenvalue weighted by Gasteiger charge is -2.39. The molecule has 2 aliphatic rings. The summed E-state index contributed by atoms with van der Waals surface area (Å²) in [5.41, 5.74) is -1.24. The van der Waals surface area contributed by atoms with Crippen molar-refractivity contribution >= 4 is 15.6 Å². The summed E-state index contributed by atoms with van der Waals surface area (Å²) in [4.78, 5) is 45.2. The predicted octanol–water partition coefficient (Wildman–Crippen LogP) is -3.41. The summed E-state index contributed by atoms with van der Waals surface area (Å²) < 4.78 is 49.1. The fourth-order valence-corrected chi connectivity index (χ4v) is 5.76. The van der Waals surface area contributed by atoms with E-state index in [0.717, 1.165) is 4.57 Å². The third kappa shape index (κ3) is 7.40. The molecule has 3 heterocycles. The lowest BCUT2D eigenvalue weighted by Crippen LogP contribution is -2.59. The third-order valence-electron chi connectivity index (χ3n) is 5.66. The monoisotopic (exact) mass is 578 g/mol. The van der Waals surface area contributed by atoms with Crippen LogP contribution >= 0.6 is 15.6 Å². The Hall–Kier alpha value is -1.34. The maximum atomic E-state index is 12.2. The fraction of sp³-hybridized carbons (Fsp3) is 0.765. The van der Waals surface area contributed by atoms with E-state index in [1.807, 2.05) is 0 Å². The minimum atomic E-state index is -5.34. The highest BCUT2D eigenvalue weighted by Gasteiger charge is 2.45. The molecule has 18 nitrogen and oxygen atoms in total. The number of phosphoric acid groups is 2. The molecular weight excluding hydrogens is 550 g/mol. The van der Waals surface area contributed by atoms with Gasteiger partial charge in [0, 0.05) is 18.2 Å². The van der Waals surface area contributed by atoms with Crippen molar-refractivity contribution in [3.8, 4) is 0 Å². The van der Waals surface area contributed by atoms with Crippen molar-refractivity contribution in [2.75, 3.05) is 19.8 Å². The molecule has 0 saturated carbocycles. The third-order valence-corrected chi connectivity index (χ3v) is 8.26.